The van der Waals surface area contributed by atoms with Crippen LogP contribution in [0.1, 0.15) is 10.4 Å². The lowest BCUT2D eigenvalue weighted by Gasteiger charge is -2.35. The van der Waals surface area contributed by atoms with Crippen LogP contribution in [0.5, 0.6) is 0 Å². The van der Waals surface area contributed by atoms with Gasteiger partial charge in [0.15, 0.2) is 0 Å². The zero-order chi connectivity index (χ0) is 21.0. The normalized spacial score (nSPS) is 14.5. The highest BCUT2D eigenvalue weighted by Gasteiger charge is 2.24. The van der Waals surface area contributed by atoms with Gasteiger partial charge in [-0.25, -0.2) is 0 Å². The molecule has 1 aliphatic heterocycles. The summed E-state index contributed by atoms with van der Waals surface area (Å²) in [5.41, 5.74) is 1.17. The highest BCUT2D eigenvalue weighted by molar-refractivity contribution is 6.30. The van der Waals surface area contributed by atoms with Crippen molar-refractivity contribution in [1.29, 1.82) is 0 Å². The Bertz CT molecular complexity index is 894. The molecule has 0 spiro atoms. The summed E-state index contributed by atoms with van der Waals surface area (Å²) in [5.74, 6) is -0.160. The van der Waals surface area contributed by atoms with Crippen LogP contribution in [-0.4, -0.2) is 66.3 Å². The van der Waals surface area contributed by atoms with Crippen molar-refractivity contribution >= 4 is 34.8 Å². The van der Waals surface area contributed by atoms with Crippen LogP contribution < -0.4 is 4.90 Å². The van der Waals surface area contributed by atoms with Crippen LogP contribution in [0.4, 0.5) is 11.4 Å². The van der Waals surface area contributed by atoms with Gasteiger partial charge in [0, 0.05) is 61.6 Å². The van der Waals surface area contributed by atoms with Gasteiger partial charge in [-0.2, -0.15) is 0 Å². The lowest BCUT2D eigenvalue weighted by Crippen LogP contribution is -2.51. The summed E-state index contributed by atoms with van der Waals surface area (Å²) in [6.07, 6.45) is 0. The average molecular weight is 417 g/mol. The second-order valence-electron chi connectivity index (χ2n) is 6.80. The summed E-state index contributed by atoms with van der Waals surface area (Å²) in [6.45, 7) is 2.49. The molecule has 0 aliphatic carbocycles. The summed E-state index contributed by atoms with van der Waals surface area (Å²) < 4.78 is 0. The minimum atomic E-state index is -0.476. The number of nitrogens with zero attached hydrogens (tertiary/aromatic N) is 4. The van der Waals surface area contributed by atoms with E-state index >= 15 is 0 Å². The van der Waals surface area contributed by atoms with Crippen LogP contribution in [0, 0.1) is 10.1 Å². The molecule has 29 heavy (non-hydrogen) atoms. The van der Waals surface area contributed by atoms with Crippen molar-refractivity contribution < 1.29 is 14.5 Å². The smallest absolute Gasteiger partial charge is 0.269 e. The molecule has 9 heteroatoms. The van der Waals surface area contributed by atoms with Crippen molar-refractivity contribution in [2.24, 2.45) is 0 Å². The average Bonchev–Trinajstić information content (AvgIpc) is 2.74. The number of benzene rings is 2. The Morgan fingerprint density at radius 1 is 1.03 bits per heavy atom. The first kappa shape index (κ1) is 20.8. The van der Waals surface area contributed by atoms with Crippen molar-refractivity contribution in [1.82, 2.24) is 9.80 Å². The predicted octanol–water partition coefficient (Wildman–Crippen LogP) is 2.67. The number of amides is 2. The van der Waals surface area contributed by atoms with Gasteiger partial charge < -0.3 is 9.80 Å². The number of nitro benzene ring substituents is 1. The largest absolute Gasteiger partial charge is 0.336 e. The molecule has 0 atom stereocenters. The molecule has 0 N–H and O–H groups in total. The number of rotatable bonds is 5. The van der Waals surface area contributed by atoms with Crippen LogP contribution in [0.3, 0.4) is 0 Å². The highest BCUT2D eigenvalue weighted by atomic mass is 35.5. The Morgan fingerprint density at radius 2 is 1.62 bits per heavy atom. The molecule has 1 saturated heterocycles. The van der Waals surface area contributed by atoms with Crippen molar-refractivity contribution in [2.75, 3.05) is 44.7 Å². The minimum absolute atomic E-state index is 0.0175. The predicted molar refractivity (Wildman–Crippen MR) is 110 cm³/mol. The van der Waals surface area contributed by atoms with E-state index in [9.17, 15) is 19.7 Å². The van der Waals surface area contributed by atoms with Gasteiger partial charge in [0.1, 0.15) is 0 Å². The number of halogens is 1. The molecule has 1 fully saturated rings. The highest BCUT2D eigenvalue weighted by Crippen LogP contribution is 2.19. The monoisotopic (exact) mass is 416 g/mol. The summed E-state index contributed by atoms with van der Waals surface area (Å²) in [6, 6.07) is 12.7. The maximum absolute atomic E-state index is 12.6. The number of piperazine rings is 1. The molecule has 152 valence electrons. The lowest BCUT2D eigenvalue weighted by atomic mass is 10.2. The summed E-state index contributed by atoms with van der Waals surface area (Å²) in [7, 11) is 1.64. The molecule has 0 unspecified atom stereocenters. The summed E-state index contributed by atoms with van der Waals surface area (Å²) in [5, 5.41) is 11.3. The minimum Gasteiger partial charge on any atom is -0.336 e. The lowest BCUT2D eigenvalue weighted by molar-refractivity contribution is -0.384. The molecule has 2 amide bonds. The number of anilines is 1. The third-order valence-corrected chi connectivity index (χ3v) is 5.18. The number of hydrogen-bond acceptors (Lipinski definition) is 5. The van der Waals surface area contributed by atoms with Crippen LogP contribution in [0.2, 0.25) is 5.02 Å². The Morgan fingerprint density at radius 3 is 2.17 bits per heavy atom. The van der Waals surface area contributed by atoms with Crippen molar-refractivity contribution in [2.45, 2.75) is 0 Å². The van der Waals surface area contributed by atoms with Gasteiger partial charge in [-0.15, -0.1) is 0 Å². The molecule has 0 bridgehead atoms. The molecular formula is C20H21ClN4O4. The molecule has 0 aromatic heterocycles. The first-order valence-corrected chi connectivity index (χ1v) is 9.51. The molecule has 0 radical (unpaired) electrons. The van der Waals surface area contributed by atoms with E-state index in [0.29, 0.717) is 42.5 Å². The number of carbonyl (C=O) groups excluding carboxylic acids is 2. The van der Waals surface area contributed by atoms with Gasteiger partial charge in [0.2, 0.25) is 5.91 Å². The molecule has 8 nitrogen and oxygen atoms in total. The van der Waals surface area contributed by atoms with E-state index in [2.05, 4.69) is 0 Å². The second kappa shape index (κ2) is 9.02. The zero-order valence-corrected chi connectivity index (χ0v) is 16.7. The van der Waals surface area contributed by atoms with E-state index in [0.717, 1.165) is 0 Å². The van der Waals surface area contributed by atoms with Crippen LogP contribution in [0.25, 0.3) is 0 Å². The van der Waals surface area contributed by atoms with E-state index < -0.39 is 4.92 Å². The number of hydrogen-bond donors (Lipinski definition) is 0. The van der Waals surface area contributed by atoms with Gasteiger partial charge in [-0.3, -0.25) is 24.6 Å². The van der Waals surface area contributed by atoms with Crippen molar-refractivity contribution in [3.63, 3.8) is 0 Å². The molecular weight excluding hydrogens is 396 g/mol. The summed E-state index contributed by atoms with van der Waals surface area (Å²) in [4.78, 5) is 40.6. The SMILES string of the molecule is CN(C(=O)CN1CCN(C(=O)c2ccc(Cl)cc2)CC1)c1ccc([N+](=O)[O-])cc1. The van der Waals surface area contributed by atoms with Crippen molar-refractivity contribution in [3.8, 4) is 0 Å². The molecule has 1 heterocycles. The maximum Gasteiger partial charge on any atom is 0.269 e. The van der Waals surface area contributed by atoms with E-state index in [4.69, 9.17) is 11.6 Å². The molecule has 3 rings (SSSR count). The topological polar surface area (TPSA) is 87.0 Å². The van der Waals surface area contributed by atoms with Gasteiger partial charge in [-0.05, 0) is 36.4 Å². The van der Waals surface area contributed by atoms with Crippen LogP contribution in [-0.2, 0) is 4.79 Å². The maximum atomic E-state index is 12.6. The first-order valence-electron chi connectivity index (χ1n) is 9.13. The van der Waals surface area contributed by atoms with Gasteiger partial charge in [0.05, 0.1) is 11.5 Å². The Kier molecular flexibility index (Phi) is 6.46. The molecule has 2 aromatic carbocycles. The molecule has 1 aliphatic rings. The van der Waals surface area contributed by atoms with Gasteiger partial charge >= 0.3 is 0 Å². The molecule has 2 aromatic rings. The third-order valence-electron chi connectivity index (χ3n) is 4.93. The fourth-order valence-corrected chi connectivity index (χ4v) is 3.25. The van der Waals surface area contributed by atoms with E-state index in [1.807, 2.05) is 4.90 Å². The fourth-order valence-electron chi connectivity index (χ4n) is 3.12. The number of non-ortho nitro benzene ring substituents is 1. The standard InChI is InChI=1S/C20H21ClN4O4/c1-22(17-6-8-18(9-7-17)25(28)29)19(26)14-23-10-12-24(13-11-23)20(27)15-2-4-16(21)5-3-15/h2-9H,10-14H2,1H3. The van der Waals surface area contributed by atoms with Crippen LogP contribution >= 0.6 is 11.6 Å². The Balaban J connectivity index is 1.52. The Labute approximate surface area is 173 Å². The molecule has 0 saturated carbocycles. The van der Waals surface area contributed by atoms with E-state index in [1.54, 1.807) is 48.3 Å². The van der Waals surface area contributed by atoms with E-state index in [1.165, 1.54) is 17.0 Å². The van der Waals surface area contributed by atoms with Crippen molar-refractivity contribution in [3.05, 3.63) is 69.2 Å². The van der Waals surface area contributed by atoms with Crippen LogP contribution in [0.15, 0.2) is 48.5 Å². The quantitative estimate of drug-likeness (QED) is 0.552. The second-order valence-corrected chi connectivity index (χ2v) is 7.24. The fraction of sp³-hybridized carbons (Fsp3) is 0.300. The first-order chi connectivity index (χ1) is 13.8. The Hall–Kier alpha value is -2.97. The number of likely N-dealkylation sites (N-methyl/N-ethyl adjacent to an activating group) is 1. The third kappa shape index (κ3) is 5.10. The van der Waals surface area contributed by atoms with Gasteiger partial charge in [-0.1, -0.05) is 11.6 Å². The number of nitro groups is 1. The zero-order valence-electron chi connectivity index (χ0n) is 16.0. The number of carbonyl (C=O) groups is 2. The van der Waals surface area contributed by atoms with E-state index in [-0.39, 0.29) is 24.0 Å². The van der Waals surface area contributed by atoms with Gasteiger partial charge in [0.25, 0.3) is 11.6 Å². The summed E-state index contributed by atoms with van der Waals surface area (Å²) >= 11 is 5.86.